The number of carbonyl (C=O) groups is 1. The lowest BCUT2D eigenvalue weighted by Crippen LogP contribution is -2.26. The molecule has 0 heterocycles. The van der Waals surface area contributed by atoms with Crippen molar-refractivity contribution >= 4 is 29.2 Å². The number of hydrogen-bond donors (Lipinski definition) is 0. The first-order valence-electron chi connectivity index (χ1n) is 13.7. The SMILES string of the molecule is CC(C)CCCCCCCCCCCCCCCCCOC(=O)C(C)Oc1ccc(Cl)cc1Cl. The number of ether oxygens (including phenoxy) is 2. The third-order valence-corrected chi connectivity index (χ3v) is 6.73. The predicted octanol–water partition coefficient (Wildman–Crippen LogP) is 10.2. The minimum atomic E-state index is -0.701. The Kier molecular flexibility index (Phi) is 18.6. The molecule has 0 saturated heterocycles. The highest BCUT2D eigenvalue weighted by molar-refractivity contribution is 6.35. The number of carbonyl (C=O) groups excluding carboxylic acids is 1. The number of rotatable bonds is 21. The van der Waals surface area contributed by atoms with Crippen LogP contribution >= 0.6 is 23.2 Å². The molecular weight excluding hydrogens is 467 g/mol. The summed E-state index contributed by atoms with van der Waals surface area (Å²) < 4.78 is 10.9. The largest absolute Gasteiger partial charge is 0.477 e. The molecule has 0 bridgehead atoms. The number of unbranched alkanes of at least 4 members (excludes halogenated alkanes) is 14. The number of benzene rings is 1. The molecule has 0 aliphatic carbocycles. The zero-order valence-corrected chi connectivity index (χ0v) is 23.4. The fraction of sp³-hybridized carbons (Fsp3) is 0.759. The Labute approximate surface area is 219 Å². The lowest BCUT2D eigenvalue weighted by Gasteiger charge is -2.15. The van der Waals surface area contributed by atoms with E-state index in [1.165, 1.54) is 89.9 Å². The molecule has 1 aromatic carbocycles. The van der Waals surface area contributed by atoms with E-state index in [9.17, 15) is 4.79 Å². The average molecular weight is 516 g/mol. The van der Waals surface area contributed by atoms with E-state index in [0.717, 1.165) is 18.8 Å². The first-order valence-corrected chi connectivity index (χ1v) is 14.4. The van der Waals surface area contributed by atoms with Gasteiger partial charge in [0.25, 0.3) is 0 Å². The summed E-state index contributed by atoms with van der Waals surface area (Å²) in [4.78, 5) is 12.1. The second kappa shape index (κ2) is 20.3. The van der Waals surface area contributed by atoms with Crippen molar-refractivity contribution in [3.8, 4) is 5.75 Å². The monoisotopic (exact) mass is 514 g/mol. The van der Waals surface area contributed by atoms with Gasteiger partial charge in [0.05, 0.1) is 11.6 Å². The van der Waals surface area contributed by atoms with Gasteiger partial charge in [-0.1, -0.05) is 133 Å². The molecule has 5 heteroatoms. The van der Waals surface area contributed by atoms with Gasteiger partial charge in [0, 0.05) is 5.02 Å². The van der Waals surface area contributed by atoms with Gasteiger partial charge in [0.1, 0.15) is 5.75 Å². The normalized spacial score (nSPS) is 12.2. The molecule has 0 N–H and O–H groups in total. The maximum atomic E-state index is 12.1. The quantitative estimate of drug-likeness (QED) is 0.121. The molecule has 1 aromatic rings. The van der Waals surface area contributed by atoms with Gasteiger partial charge in [-0.25, -0.2) is 4.79 Å². The van der Waals surface area contributed by atoms with Crippen molar-refractivity contribution in [2.75, 3.05) is 6.61 Å². The molecule has 0 aromatic heterocycles. The Hall–Kier alpha value is -0.930. The molecule has 1 atom stereocenters. The highest BCUT2D eigenvalue weighted by Crippen LogP contribution is 2.28. The summed E-state index contributed by atoms with van der Waals surface area (Å²) in [6, 6.07) is 4.93. The van der Waals surface area contributed by atoms with Crippen LogP contribution in [0, 0.1) is 5.92 Å². The van der Waals surface area contributed by atoms with E-state index >= 15 is 0 Å². The van der Waals surface area contributed by atoms with E-state index in [1.807, 2.05) is 0 Å². The molecule has 0 aliphatic rings. The lowest BCUT2D eigenvalue weighted by atomic mass is 10.0. The Balaban J connectivity index is 1.85. The Morgan fingerprint density at radius 3 is 1.68 bits per heavy atom. The average Bonchev–Trinajstić information content (AvgIpc) is 2.79. The van der Waals surface area contributed by atoms with E-state index in [0.29, 0.717) is 22.4 Å². The Morgan fingerprint density at radius 1 is 0.735 bits per heavy atom. The first-order chi connectivity index (χ1) is 16.4. The van der Waals surface area contributed by atoms with Crippen LogP contribution in [0.1, 0.15) is 124 Å². The third kappa shape index (κ3) is 16.7. The van der Waals surface area contributed by atoms with Crippen LogP contribution in [0.5, 0.6) is 5.75 Å². The highest BCUT2D eigenvalue weighted by atomic mass is 35.5. The van der Waals surface area contributed by atoms with Crippen LogP contribution in [0.15, 0.2) is 18.2 Å². The Morgan fingerprint density at radius 2 is 1.21 bits per heavy atom. The fourth-order valence-corrected chi connectivity index (χ4v) is 4.51. The van der Waals surface area contributed by atoms with Crippen molar-refractivity contribution in [3.05, 3.63) is 28.2 Å². The molecule has 1 unspecified atom stereocenters. The zero-order chi connectivity index (χ0) is 25.0. The molecular formula is C29H48Cl2O3. The molecule has 0 aliphatic heterocycles. The van der Waals surface area contributed by atoms with Crippen LogP contribution in [0.25, 0.3) is 0 Å². The zero-order valence-electron chi connectivity index (χ0n) is 21.9. The van der Waals surface area contributed by atoms with Crippen LogP contribution < -0.4 is 4.74 Å². The second-order valence-corrected chi connectivity index (χ2v) is 10.8. The van der Waals surface area contributed by atoms with Gasteiger partial charge in [-0.3, -0.25) is 0 Å². The van der Waals surface area contributed by atoms with Crippen molar-refractivity contribution in [3.63, 3.8) is 0 Å². The molecule has 3 nitrogen and oxygen atoms in total. The molecule has 0 saturated carbocycles. The summed E-state index contributed by atoms with van der Waals surface area (Å²) in [5.41, 5.74) is 0. The predicted molar refractivity (Wildman–Crippen MR) is 146 cm³/mol. The second-order valence-electron chi connectivity index (χ2n) is 9.99. The molecule has 0 amide bonds. The first kappa shape index (κ1) is 31.1. The summed E-state index contributed by atoms with van der Waals surface area (Å²) >= 11 is 12.0. The smallest absolute Gasteiger partial charge is 0.347 e. The number of hydrogen-bond acceptors (Lipinski definition) is 3. The van der Waals surface area contributed by atoms with Crippen LogP contribution in [-0.4, -0.2) is 18.7 Å². The van der Waals surface area contributed by atoms with E-state index in [4.69, 9.17) is 32.7 Å². The van der Waals surface area contributed by atoms with Crippen molar-refractivity contribution in [1.29, 1.82) is 0 Å². The van der Waals surface area contributed by atoms with E-state index in [-0.39, 0.29) is 5.97 Å². The van der Waals surface area contributed by atoms with Gasteiger partial charge in [0.2, 0.25) is 0 Å². The molecule has 0 fully saturated rings. The number of esters is 1. The van der Waals surface area contributed by atoms with Crippen molar-refractivity contribution in [1.82, 2.24) is 0 Å². The molecule has 34 heavy (non-hydrogen) atoms. The topological polar surface area (TPSA) is 35.5 Å². The minimum Gasteiger partial charge on any atom is -0.477 e. The van der Waals surface area contributed by atoms with Gasteiger partial charge in [-0.05, 0) is 37.5 Å². The van der Waals surface area contributed by atoms with E-state index < -0.39 is 6.10 Å². The Bertz CT molecular complexity index is 648. The van der Waals surface area contributed by atoms with E-state index in [1.54, 1.807) is 25.1 Å². The number of halogens is 2. The molecule has 196 valence electrons. The van der Waals surface area contributed by atoms with E-state index in [2.05, 4.69) is 13.8 Å². The van der Waals surface area contributed by atoms with Crippen LogP contribution in [0.4, 0.5) is 0 Å². The summed E-state index contributed by atoms with van der Waals surface area (Å²) in [6.45, 7) is 6.75. The van der Waals surface area contributed by atoms with Gasteiger partial charge in [-0.2, -0.15) is 0 Å². The van der Waals surface area contributed by atoms with Crippen LogP contribution in [-0.2, 0) is 9.53 Å². The summed E-state index contributed by atoms with van der Waals surface area (Å²) in [7, 11) is 0. The summed E-state index contributed by atoms with van der Waals surface area (Å²) in [6.07, 6.45) is 20.6. The standard InChI is InChI=1S/C29H48Cl2O3/c1-24(2)19-17-15-13-11-9-7-5-4-6-8-10-12-14-16-18-22-33-29(32)25(3)34-28-21-20-26(30)23-27(28)31/h20-21,23-25H,4-19,22H2,1-3H3. The van der Waals surface area contributed by atoms with Gasteiger partial charge >= 0.3 is 5.97 Å². The maximum absolute atomic E-state index is 12.1. The fourth-order valence-electron chi connectivity index (χ4n) is 4.05. The van der Waals surface area contributed by atoms with Crippen LogP contribution in [0.3, 0.4) is 0 Å². The van der Waals surface area contributed by atoms with Gasteiger partial charge in [-0.15, -0.1) is 0 Å². The summed E-state index contributed by atoms with van der Waals surface area (Å²) in [5.74, 6) is 0.932. The van der Waals surface area contributed by atoms with Crippen molar-refractivity contribution in [2.24, 2.45) is 5.92 Å². The highest BCUT2D eigenvalue weighted by Gasteiger charge is 2.17. The van der Waals surface area contributed by atoms with Gasteiger partial charge < -0.3 is 9.47 Å². The molecule has 0 radical (unpaired) electrons. The van der Waals surface area contributed by atoms with Crippen molar-refractivity contribution in [2.45, 2.75) is 130 Å². The summed E-state index contributed by atoms with van der Waals surface area (Å²) in [5, 5.41) is 0.913. The lowest BCUT2D eigenvalue weighted by molar-refractivity contribution is -0.151. The third-order valence-electron chi connectivity index (χ3n) is 6.20. The van der Waals surface area contributed by atoms with Gasteiger partial charge in [0.15, 0.2) is 6.10 Å². The van der Waals surface area contributed by atoms with Crippen molar-refractivity contribution < 1.29 is 14.3 Å². The molecule has 1 rings (SSSR count). The van der Waals surface area contributed by atoms with Crippen LogP contribution in [0.2, 0.25) is 10.0 Å². The minimum absolute atomic E-state index is 0.364. The molecule has 0 spiro atoms. The maximum Gasteiger partial charge on any atom is 0.347 e.